The lowest BCUT2D eigenvalue weighted by Crippen LogP contribution is -2.47. The number of fused-ring (bicyclic) bond motifs is 1. The number of hydrazine groups is 2. The van der Waals surface area contributed by atoms with Gasteiger partial charge in [0.15, 0.2) is 0 Å². The van der Waals surface area contributed by atoms with E-state index >= 15 is 0 Å². The summed E-state index contributed by atoms with van der Waals surface area (Å²) in [5, 5.41) is 26.2. The molecule has 2 aromatic carbocycles. The molecular formula is C22H24BN5O3. The molecule has 1 aromatic heterocycles. The summed E-state index contributed by atoms with van der Waals surface area (Å²) in [6.07, 6.45) is 6.29. The second kappa shape index (κ2) is 9.61. The lowest BCUT2D eigenvalue weighted by atomic mass is 9.75. The van der Waals surface area contributed by atoms with Gasteiger partial charge in [-0.15, -0.1) is 5.53 Å². The van der Waals surface area contributed by atoms with Gasteiger partial charge in [0, 0.05) is 24.5 Å². The molecule has 0 bridgehead atoms. The number of anilines is 1. The van der Waals surface area contributed by atoms with Crippen LogP contribution in [0.2, 0.25) is 0 Å². The van der Waals surface area contributed by atoms with Crippen LogP contribution in [0.15, 0.2) is 78.9 Å². The van der Waals surface area contributed by atoms with Crippen molar-refractivity contribution >= 4 is 29.5 Å². The van der Waals surface area contributed by atoms with Crippen LogP contribution >= 0.6 is 0 Å². The summed E-state index contributed by atoms with van der Waals surface area (Å²) in [4.78, 5) is 16.5. The molecule has 4 rings (SSSR count). The van der Waals surface area contributed by atoms with Crippen molar-refractivity contribution in [2.75, 3.05) is 5.01 Å². The largest absolute Gasteiger partial charge is 0.475 e. The highest BCUT2D eigenvalue weighted by Gasteiger charge is 2.26. The van der Waals surface area contributed by atoms with E-state index in [1.165, 1.54) is 0 Å². The quantitative estimate of drug-likeness (QED) is 0.353. The van der Waals surface area contributed by atoms with Crippen molar-refractivity contribution in [3.63, 3.8) is 0 Å². The number of nitrogens with zero attached hydrogens (tertiary/aromatic N) is 2. The summed E-state index contributed by atoms with van der Waals surface area (Å²) in [5.74, 6) is -1.04. The molecule has 1 aliphatic heterocycles. The molecule has 1 aliphatic rings. The fraction of sp³-hybridized carbons (Fsp3) is 0.182. The SMILES string of the molecule is O=C(CCC1=CN(c2cccnc2)NN1)N[C@@H](Cc1ccc2ccccc2c1)B(O)O. The van der Waals surface area contributed by atoms with Gasteiger partial charge in [0.1, 0.15) is 0 Å². The number of rotatable bonds is 8. The predicted octanol–water partition coefficient (Wildman–Crippen LogP) is 1.43. The van der Waals surface area contributed by atoms with Gasteiger partial charge in [-0.2, -0.15) is 0 Å². The van der Waals surface area contributed by atoms with Gasteiger partial charge in [0.05, 0.1) is 17.8 Å². The molecule has 0 aliphatic carbocycles. The fourth-order valence-corrected chi connectivity index (χ4v) is 3.49. The van der Waals surface area contributed by atoms with Crippen LogP contribution in [0.3, 0.4) is 0 Å². The molecule has 0 saturated heterocycles. The third-order valence-electron chi connectivity index (χ3n) is 5.14. The average Bonchev–Trinajstić information content (AvgIpc) is 3.27. The van der Waals surface area contributed by atoms with E-state index in [1.54, 1.807) is 17.4 Å². The van der Waals surface area contributed by atoms with Gasteiger partial charge >= 0.3 is 7.12 Å². The minimum Gasteiger partial charge on any atom is -0.426 e. The van der Waals surface area contributed by atoms with E-state index < -0.39 is 13.1 Å². The standard InChI is InChI=1S/C22H24BN5O3/c29-22(10-9-19-15-28(27-26-19)20-6-3-11-24-14-20)25-21(23(30)31)13-16-7-8-17-4-1-2-5-18(17)12-16/h1-8,11-12,14-15,21,26-27,30-31H,9-10,13H2,(H,25,29)/t21-/m0/s1. The van der Waals surface area contributed by atoms with Crippen LogP contribution < -0.4 is 21.3 Å². The zero-order valence-electron chi connectivity index (χ0n) is 16.9. The molecule has 3 aromatic rings. The summed E-state index contributed by atoms with van der Waals surface area (Å²) in [7, 11) is -1.65. The minimum absolute atomic E-state index is 0.211. The van der Waals surface area contributed by atoms with Crippen molar-refractivity contribution in [2.24, 2.45) is 0 Å². The molecule has 31 heavy (non-hydrogen) atoms. The second-order valence-electron chi connectivity index (χ2n) is 7.45. The van der Waals surface area contributed by atoms with Crippen LogP contribution in [0.5, 0.6) is 0 Å². The average molecular weight is 417 g/mol. The summed E-state index contributed by atoms with van der Waals surface area (Å²) in [6, 6.07) is 17.7. The molecule has 2 heterocycles. The van der Waals surface area contributed by atoms with E-state index in [-0.39, 0.29) is 12.3 Å². The highest BCUT2D eigenvalue weighted by Crippen LogP contribution is 2.18. The Morgan fingerprint density at radius 3 is 2.74 bits per heavy atom. The maximum atomic E-state index is 12.4. The molecule has 0 radical (unpaired) electrons. The van der Waals surface area contributed by atoms with Crippen LogP contribution in [0.4, 0.5) is 5.69 Å². The van der Waals surface area contributed by atoms with E-state index in [0.29, 0.717) is 12.8 Å². The number of pyridine rings is 1. The van der Waals surface area contributed by atoms with Gasteiger partial charge in [-0.3, -0.25) is 14.8 Å². The van der Waals surface area contributed by atoms with Gasteiger partial charge in [-0.05, 0) is 41.3 Å². The van der Waals surface area contributed by atoms with Crippen molar-refractivity contribution in [2.45, 2.75) is 25.2 Å². The first-order chi connectivity index (χ1) is 15.1. The van der Waals surface area contributed by atoms with E-state index in [4.69, 9.17) is 0 Å². The van der Waals surface area contributed by atoms with Gasteiger partial charge in [-0.1, -0.05) is 42.5 Å². The third kappa shape index (κ3) is 5.40. The van der Waals surface area contributed by atoms with Gasteiger partial charge in [0.25, 0.3) is 0 Å². The Kier molecular flexibility index (Phi) is 6.47. The summed E-state index contributed by atoms with van der Waals surface area (Å²) >= 11 is 0. The second-order valence-corrected chi connectivity index (χ2v) is 7.45. The van der Waals surface area contributed by atoms with Gasteiger partial charge < -0.3 is 20.8 Å². The van der Waals surface area contributed by atoms with E-state index in [0.717, 1.165) is 27.7 Å². The maximum Gasteiger partial charge on any atom is 0.475 e. The number of carbonyl (C=O) groups is 1. The number of allylic oxidation sites excluding steroid dienone is 1. The molecule has 1 amide bonds. The first-order valence-electron chi connectivity index (χ1n) is 10.1. The van der Waals surface area contributed by atoms with Crippen LogP contribution in [0.1, 0.15) is 18.4 Å². The van der Waals surface area contributed by atoms with Crippen molar-refractivity contribution < 1.29 is 14.8 Å². The predicted molar refractivity (Wildman–Crippen MR) is 120 cm³/mol. The molecule has 5 N–H and O–H groups in total. The van der Waals surface area contributed by atoms with Crippen molar-refractivity contribution in [3.8, 4) is 0 Å². The number of nitrogens with one attached hydrogen (secondary N) is 3. The highest BCUT2D eigenvalue weighted by molar-refractivity contribution is 6.43. The summed E-state index contributed by atoms with van der Waals surface area (Å²) < 4.78 is 0. The Bertz CT molecular complexity index is 1080. The molecular weight excluding hydrogens is 393 g/mol. The molecule has 0 fully saturated rings. The van der Waals surface area contributed by atoms with Crippen LogP contribution in [0, 0.1) is 0 Å². The fourth-order valence-electron chi connectivity index (χ4n) is 3.49. The Hall–Kier alpha value is -3.40. The number of hydrogen-bond donors (Lipinski definition) is 5. The van der Waals surface area contributed by atoms with Crippen molar-refractivity contribution in [3.05, 3.63) is 84.5 Å². The first kappa shape index (κ1) is 20.9. The summed E-state index contributed by atoms with van der Waals surface area (Å²) in [5.41, 5.74) is 8.65. The molecule has 0 unspecified atom stereocenters. The zero-order valence-corrected chi connectivity index (χ0v) is 16.9. The van der Waals surface area contributed by atoms with Crippen LogP contribution in [0.25, 0.3) is 10.8 Å². The van der Waals surface area contributed by atoms with Crippen molar-refractivity contribution in [1.29, 1.82) is 0 Å². The third-order valence-corrected chi connectivity index (χ3v) is 5.14. The number of carbonyl (C=O) groups excluding carboxylic acids is 1. The number of benzene rings is 2. The minimum atomic E-state index is -1.65. The monoisotopic (exact) mass is 417 g/mol. The molecule has 158 valence electrons. The number of aromatic nitrogens is 1. The number of hydrogen-bond acceptors (Lipinski definition) is 7. The summed E-state index contributed by atoms with van der Waals surface area (Å²) in [6.45, 7) is 0. The van der Waals surface area contributed by atoms with Crippen molar-refractivity contribution in [1.82, 2.24) is 21.3 Å². The molecule has 1 atom stereocenters. The van der Waals surface area contributed by atoms with E-state index in [1.807, 2.05) is 60.8 Å². The smallest absolute Gasteiger partial charge is 0.426 e. The lowest BCUT2D eigenvalue weighted by molar-refractivity contribution is -0.121. The van der Waals surface area contributed by atoms with Crippen LogP contribution in [-0.4, -0.2) is 34.0 Å². The molecule has 0 spiro atoms. The highest BCUT2D eigenvalue weighted by atomic mass is 16.4. The van der Waals surface area contributed by atoms with E-state index in [2.05, 4.69) is 21.3 Å². The number of amides is 1. The van der Waals surface area contributed by atoms with E-state index in [9.17, 15) is 14.8 Å². The molecule has 8 nitrogen and oxygen atoms in total. The normalized spacial score (nSPS) is 14.1. The first-order valence-corrected chi connectivity index (χ1v) is 10.1. The van der Waals surface area contributed by atoms with Gasteiger partial charge in [-0.25, -0.2) is 0 Å². The van der Waals surface area contributed by atoms with Gasteiger partial charge in [0.2, 0.25) is 5.91 Å². The van der Waals surface area contributed by atoms with Crippen LogP contribution in [-0.2, 0) is 11.2 Å². The topological polar surface area (TPSA) is 110 Å². The lowest BCUT2D eigenvalue weighted by Gasteiger charge is -2.18. The Balaban J connectivity index is 1.32. The zero-order chi connectivity index (χ0) is 21.6. The Morgan fingerprint density at radius 2 is 1.97 bits per heavy atom. The Labute approximate surface area is 180 Å². The maximum absolute atomic E-state index is 12.4. The molecule has 0 saturated carbocycles. The Morgan fingerprint density at radius 1 is 1.13 bits per heavy atom. The molecule has 9 heteroatoms.